The molecule has 3 aromatic rings. The minimum absolute atomic E-state index is 0.0442. The van der Waals surface area contributed by atoms with Crippen LogP contribution in [0.15, 0.2) is 42.5 Å². The van der Waals surface area contributed by atoms with Crippen LogP contribution in [-0.4, -0.2) is 17.7 Å². The Bertz CT molecular complexity index is 1130. The van der Waals surface area contributed by atoms with Gasteiger partial charge in [-0.15, -0.1) is 0 Å². The predicted octanol–water partition coefficient (Wildman–Crippen LogP) is 7.38. The van der Waals surface area contributed by atoms with Crippen LogP contribution in [0.4, 0.5) is 26.3 Å². The molecule has 0 aliphatic heterocycles. The van der Waals surface area contributed by atoms with Crippen molar-refractivity contribution in [1.82, 2.24) is 5.32 Å². The Morgan fingerprint density at radius 2 is 1.39 bits per heavy atom. The van der Waals surface area contributed by atoms with Gasteiger partial charge in [-0.1, -0.05) is 31.4 Å². The third kappa shape index (κ3) is 5.27. The van der Waals surface area contributed by atoms with E-state index in [9.17, 15) is 31.4 Å². The zero-order chi connectivity index (χ0) is 23.8. The number of nitrogens with one attached hydrogen (secondary N) is 1. The van der Waals surface area contributed by atoms with Gasteiger partial charge in [-0.25, -0.2) is 0 Å². The molecule has 0 saturated heterocycles. The lowest BCUT2D eigenvalue weighted by Gasteiger charge is -2.24. The zero-order valence-corrected chi connectivity index (χ0v) is 17.9. The van der Waals surface area contributed by atoms with E-state index in [1.807, 2.05) is 0 Å². The molecule has 1 atom stereocenters. The molecule has 178 valence electrons. The Balaban J connectivity index is 1.73. The molecule has 0 aromatic heterocycles. The number of halogens is 6. The lowest BCUT2D eigenvalue weighted by Crippen LogP contribution is -2.32. The summed E-state index contributed by atoms with van der Waals surface area (Å²) in [5.41, 5.74) is -1.46. The van der Waals surface area contributed by atoms with Gasteiger partial charge < -0.3 is 10.4 Å². The first-order valence-corrected chi connectivity index (χ1v) is 11.1. The van der Waals surface area contributed by atoms with E-state index in [4.69, 9.17) is 0 Å². The first-order valence-electron chi connectivity index (χ1n) is 11.1. The number of fused-ring (bicyclic) bond motifs is 3. The molecule has 0 bridgehead atoms. The molecule has 0 amide bonds. The Kier molecular flexibility index (Phi) is 6.60. The van der Waals surface area contributed by atoms with Crippen molar-refractivity contribution in [2.24, 2.45) is 0 Å². The van der Waals surface area contributed by atoms with Crippen LogP contribution >= 0.6 is 0 Å². The van der Waals surface area contributed by atoms with Gasteiger partial charge >= 0.3 is 12.4 Å². The van der Waals surface area contributed by atoms with Crippen LogP contribution in [0.25, 0.3) is 21.5 Å². The fourth-order valence-corrected chi connectivity index (χ4v) is 4.69. The fourth-order valence-electron chi connectivity index (χ4n) is 4.69. The first kappa shape index (κ1) is 23.8. The maximum atomic E-state index is 13.3. The molecule has 3 aromatic carbocycles. The smallest absolute Gasteiger partial charge is 0.388 e. The van der Waals surface area contributed by atoms with E-state index in [-0.39, 0.29) is 10.8 Å². The highest BCUT2D eigenvalue weighted by molar-refractivity contribution is 6.09. The molecule has 1 fully saturated rings. The molecule has 0 heterocycles. The van der Waals surface area contributed by atoms with Gasteiger partial charge in [-0.05, 0) is 83.2 Å². The highest BCUT2D eigenvalue weighted by Gasteiger charge is 2.32. The first-order chi connectivity index (χ1) is 15.5. The molecule has 2 nitrogen and oxygen atoms in total. The summed E-state index contributed by atoms with van der Waals surface area (Å²) in [6.45, 7) is 0.541. The van der Waals surface area contributed by atoms with Crippen LogP contribution in [0.2, 0.25) is 0 Å². The van der Waals surface area contributed by atoms with E-state index < -0.39 is 29.6 Å². The molecule has 0 radical (unpaired) electrons. The summed E-state index contributed by atoms with van der Waals surface area (Å²) in [6.07, 6.45) is -4.17. The summed E-state index contributed by atoms with van der Waals surface area (Å²) in [7, 11) is 0. The van der Waals surface area contributed by atoms with Crippen molar-refractivity contribution in [2.75, 3.05) is 6.54 Å². The van der Waals surface area contributed by atoms with E-state index in [0.29, 0.717) is 35.3 Å². The van der Waals surface area contributed by atoms with Gasteiger partial charge in [0.1, 0.15) is 0 Å². The van der Waals surface area contributed by atoms with Crippen LogP contribution in [-0.2, 0) is 12.4 Å². The summed E-state index contributed by atoms with van der Waals surface area (Å²) in [5.74, 6) is 0. The van der Waals surface area contributed by atoms with E-state index in [1.54, 1.807) is 6.07 Å². The van der Waals surface area contributed by atoms with Crippen molar-refractivity contribution in [3.8, 4) is 0 Å². The van der Waals surface area contributed by atoms with Gasteiger partial charge in [0, 0.05) is 6.04 Å². The summed E-state index contributed by atoms with van der Waals surface area (Å²) in [6, 6.07) is 8.01. The minimum atomic E-state index is -4.64. The lowest BCUT2D eigenvalue weighted by molar-refractivity contribution is -0.138. The molecular weight excluding hydrogens is 444 g/mol. The van der Waals surface area contributed by atoms with Gasteiger partial charge in [-0.3, -0.25) is 0 Å². The number of benzene rings is 3. The Morgan fingerprint density at radius 3 is 2.03 bits per heavy atom. The van der Waals surface area contributed by atoms with Gasteiger partial charge in [-0.2, -0.15) is 26.3 Å². The molecule has 1 aliphatic carbocycles. The van der Waals surface area contributed by atoms with Gasteiger partial charge in [0.15, 0.2) is 0 Å². The third-order valence-electron chi connectivity index (χ3n) is 6.45. The average molecular weight is 469 g/mol. The number of hydrogen-bond donors (Lipinski definition) is 2. The second-order valence-corrected chi connectivity index (χ2v) is 8.75. The molecule has 1 saturated carbocycles. The Hall–Kier alpha value is -2.32. The minimum Gasteiger partial charge on any atom is -0.388 e. The van der Waals surface area contributed by atoms with Crippen molar-refractivity contribution < 1.29 is 31.4 Å². The SMILES string of the molecule is OC(CCNC1CCCCC1)c1cc2ccc(C(F)(F)F)cc2c2cc(C(F)(F)F)ccc12. The monoisotopic (exact) mass is 469 g/mol. The molecule has 33 heavy (non-hydrogen) atoms. The van der Waals surface area contributed by atoms with Gasteiger partial charge in [0.25, 0.3) is 0 Å². The van der Waals surface area contributed by atoms with Crippen LogP contribution in [0, 0.1) is 0 Å². The second kappa shape index (κ2) is 9.14. The van der Waals surface area contributed by atoms with E-state index in [1.165, 1.54) is 18.6 Å². The zero-order valence-electron chi connectivity index (χ0n) is 17.9. The van der Waals surface area contributed by atoms with Crippen LogP contribution < -0.4 is 5.32 Å². The molecule has 1 unspecified atom stereocenters. The van der Waals surface area contributed by atoms with E-state index in [2.05, 4.69) is 5.32 Å². The third-order valence-corrected chi connectivity index (χ3v) is 6.45. The van der Waals surface area contributed by atoms with Crippen LogP contribution in [0.5, 0.6) is 0 Å². The highest BCUT2D eigenvalue weighted by Crippen LogP contribution is 2.39. The lowest BCUT2D eigenvalue weighted by atomic mass is 9.91. The standard InChI is InChI=1S/C25H25F6NO/c26-24(27,28)16-7-6-15-12-22(23(33)10-11-32-18-4-2-1-3-5-18)19-9-8-17(25(29,30)31)14-21(19)20(15)13-16/h6-9,12-14,18,23,32-33H,1-5,10-11H2. The quantitative estimate of drug-likeness (QED) is 0.302. The van der Waals surface area contributed by atoms with Crippen molar-refractivity contribution in [2.45, 2.75) is 63.0 Å². The Morgan fingerprint density at radius 1 is 0.788 bits per heavy atom. The number of aliphatic hydroxyl groups is 1. The molecule has 0 spiro atoms. The van der Waals surface area contributed by atoms with Crippen LogP contribution in [0.1, 0.15) is 61.3 Å². The largest absolute Gasteiger partial charge is 0.416 e. The number of alkyl halides is 6. The molecule has 1 aliphatic rings. The van der Waals surface area contributed by atoms with E-state index in [0.717, 1.165) is 49.9 Å². The molecule has 4 rings (SSSR count). The maximum Gasteiger partial charge on any atom is 0.416 e. The number of rotatable bonds is 5. The van der Waals surface area contributed by atoms with Crippen LogP contribution in [0.3, 0.4) is 0 Å². The summed E-state index contributed by atoms with van der Waals surface area (Å²) >= 11 is 0. The normalized spacial score (nSPS) is 17.1. The number of aliphatic hydroxyl groups excluding tert-OH is 1. The average Bonchev–Trinajstić information content (AvgIpc) is 2.77. The highest BCUT2D eigenvalue weighted by atomic mass is 19.4. The Labute approximate surface area is 187 Å². The molecular formula is C25H25F6NO. The maximum absolute atomic E-state index is 13.3. The number of hydrogen-bond acceptors (Lipinski definition) is 2. The van der Waals surface area contributed by atoms with Crippen molar-refractivity contribution in [1.29, 1.82) is 0 Å². The van der Waals surface area contributed by atoms with Gasteiger partial charge in [0.05, 0.1) is 17.2 Å². The molecule has 2 N–H and O–H groups in total. The van der Waals surface area contributed by atoms with E-state index >= 15 is 0 Å². The summed E-state index contributed by atoms with van der Waals surface area (Å²) in [5, 5.41) is 15.1. The second-order valence-electron chi connectivity index (χ2n) is 8.75. The fraction of sp³-hybridized carbons (Fsp3) is 0.440. The summed E-state index contributed by atoms with van der Waals surface area (Å²) < 4.78 is 79.8. The van der Waals surface area contributed by atoms with Crippen molar-refractivity contribution >= 4 is 21.5 Å². The van der Waals surface area contributed by atoms with Gasteiger partial charge in [0.2, 0.25) is 0 Å². The summed E-state index contributed by atoms with van der Waals surface area (Å²) in [4.78, 5) is 0. The molecule has 8 heteroatoms. The van der Waals surface area contributed by atoms with Crippen molar-refractivity contribution in [3.63, 3.8) is 0 Å². The van der Waals surface area contributed by atoms with Crippen molar-refractivity contribution in [3.05, 3.63) is 59.2 Å². The topological polar surface area (TPSA) is 32.3 Å². The predicted molar refractivity (Wildman–Crippen MR) is 116 cm³/mol.